The Hall–Kier alpha value is -0.660. The van der Waals surface area contributed by atoms with Crippen molar-refractivity contribution < 1.29 is 9.59 Å². The highest BCUT2D eigenvalue weighted by Crippen LogP contribution is 2.24. The van der Waals surface area contributed by atoms with Gasteiger partial charge >= 0.3 is 0 Å². The average molecular weight is 210 g/mol. The molecular weight excluding hydrogens is 188 g/mol. The number of hydrogen-bond donors (Lipinski definition) is 0. The molecule has 1 saturated carbocycles. The molecule has 0 heterocycles. The normalized spacial score (nSPS) is 18.5. The zero-order chi connectivity index (χ0) is 11.1. The summed E-state index contributed by atoms with van der Waals surface area (Å²) >= 11 is 0. The summed E-state index contributed by atoms with van der Waals surface area (Å²) in [4.78, 5) is 23.2. The molecule has 0 aromatic carbocycles. The lowest BCUT2D eigenvalue weighted by Gasteiger charge is -2.11. The van der Waals surface area contributed by atoms with E-state index < -0.39 is 0 Å². The molecule has 0 aromatic heterocycles. The van der Waals surface area contributed by atoms with E-state index in [9.17, 15) is 9.59 Å². The van der Waals surface area contributed by atoms with Gasteiger partial charge in [0.15, 0.2) is 0 Å². The Bertz CT molecular complexity index is 213. The van der Waals surface area contributed by atoms with Crippen molar-refractivity contribution in [1.29, 1.82) is 0 Å². The van der Waals surface area contributed by atoms with Crippen LogP contribution in [0, 0.1) is 5.92 Å². The van der Waals surface area contributed by atoms with Gasteiger partial charge in [0.25, 0.3) is 0 Å². The van der Waals surface area contributed by atoms with Gasteiger partial charge in [0.2, 0.25) is 0 Å². The minimum absolute atomic E-state index is 0.131. The molecule has 0 amide bonds. The van der Waals surface area contributed by atoms with Crippen molar-refractivity contribution in [3.63, 3.8) is 0 Å². The number of carbonyl (C=O) groups is 2. The van der Waals surface area contributed by atoms with E-state index in [0.717, 1.165) is 19.3 Å². The molecule has 0 radical (unpaired) electrons. The van der Waals surface area contributed by atoms with Crippen LogP contribution in [-0.4, -0.2) is 11.6 Å². The Morgan fingerprint density at radius 1 is 1.07 bits per heavy atom. The first kappa shape index (κ1) is 12.4. The summed E-state index contributed by atoms with van der Waals surface area (Å²) in [5, 5.41) is 0. The lowest BCUT2D eigenvalue weighted by Crippen LogP contribution is -2.17. The van der Waals surface area contributed by atoms with Crippen LogP contribution < -0.4 is 0 Å². The molecule has 0 aromatic rings. The molecule has 0 N–H and O–H groups in total. The van der Waals surface area contributed by atoms with Crippen molar-refractivity contribution in [2.75, 3.05) is 0 Å². The molecule has 2 nitrogen and oxygen atoms in total. The third kappa shape index (κ3) is 4.59. The Morgan fingerprint density at radius 2 is 1.67 bits per heavy atom. The fourth-order valence-electron chi connectivity index (χ4n) is 2.31. The molecule has 1 rings (SSSR count). The highest BCUT2D eigenvalue weighted by molar-refractivity contribution is 6.00. The van der Waals surface area contributed by atoms with E-state index in [4.69, 9.17) is 0 Å². The van der Waals surface area contributed by atoms with Crippen LogP contribution in [0.2, 0.25) is 0 Å². The minimum Gasteiger partial charge on any atom is -0.299 e. The van der Waals surface area contributed by atoms with Gasteiger partial charge in [-0.25, -0.2) is 0 Å². The van der Waals surface area contributed by atoms with Crippen LogP contribution in [0.4, 0.5) is 0 Å². The molecule has 2 heteroatoms. The van der Waals surface area contributed by atoms with Gasteiger partial charge < -0.3 is 0 Å². The van der Waals surface area contributed by atoms with Gasteiger partial charge in [0.05, 0.1) is 6.42 Å². The zero-order valence-corrected chi connectivity index (χ0v) is 9.76. The van der Waals surface area contributed by atoms with Crippen LogP contribution in [0.25, 0.3) is 0 Å². The number of Topliss-reactive ketones (excluding diaryl/α,β-unsaturated/α-hetero) is 2. The van der Waals surface area contributed by atoms with Crippen molar-refractivity contribution in [3.8, 4) is 0 Å². The van der Waals surface area contributed by atoms with Crippen LogP contribution in [0.3, 0.4) is 0 Å². The second-order valence-electron chi connectivity index (χ2n) is 4.62. The second-order valence-corrected chi connectivity index (χ2v) is 4.62. The summed E-state index contributed by atoms with van der Waals surface area (Å²) in [6.07, 6.45) is 8.49. The van der Waals surface area contributed by atoms with Crippen LogP contribution in [-0.2, 0) is 9.59 Å². The predicted octanol–water partition coefficient (Wildman–Crippen LogP) is 3.29. The van der Waals surface area contributed by atoms with Crippen LogP contribution in [0.5, 0.6) is 0 Å². The average Bonchev–Trinajstić information content (AvgIpc) is 2.45. The van der Waals surface area contributed by atoms with E-state index in [1.807, 2.05) is 6.92 Å². The van der Waals surface area contributed by atoms with E-state index in [-0.39, 0.29) is 23.9 Å². The summed E-state index contributed by atoms with van der Waals surface area (Å²) in [6, 6.07) is 0. The number of hydrogen-bond acceptors (Lipinski definition) is 2. The summed E-state index contributed by atoms with van der Waals surface area (Å²) in [7, 11) is 0. The summed E-state index contributed by atoms with van der Waals surface area (Å²) in [5.74, 6) is 0.524. The molecule has 1 aliphatic carbocycles. The summed E-state index contributed by atoms with van der Waals surface area (Å²) < 4.78 is 0. The van der Waals surface area contributed by atoms with Gasteiger partial charge in [-0.1, -0.05) is 32.6 Å². The van der Waals surface area contributed by atoms with Gasteiger partial charge in [-0.3, -0.25) is 9.59 Å². The number of rotatable bonds is 5. The van der Waals surface area contributed by atoms with E-state index in [1.165, 1.54) is 25.7 Å². The molecule has 0 saturated heterocycles. The van der Waals surface area contributed by atoms with Gasteiger partial charge in [0, 0.05) is 12.3 Å². The number of carbonyl (C=O) groups excluding carboxylic acids is 2. The summed E-state index contributed by atoms with van der Waals surface area (Å²) in [6.45, 7) is 1.98. The molecule has 0 atom stereocenters. The van der Waals surface area contributed by atoms with E-state index in [1.54, 1.807) is 0 Å². The molecule has 0 bridgehead atoms. The maximum absolute atomic E-state index is 11.8. The first-order valence-electron chi connectivity index (χ1n) is 6.28. The predicted molar refractivity (Wildman–Crippen MR) is 60.7 cm³/mol. The Labute approximate surface area is 92.4 Å². The molecule has 86 valence electrons. The van der Waals surface area contributed by atoms with Crippen molar-refractivity contribution in [2.24, 2.45) is 5.92 Å². The highest BCUT2D eigenvalue weighted by Gasteiger charge is 2.21. The van der Waals surface area contributed by atoms with Crippen LogP contribution in [0.15, 0.2) is 0 Å². The smallest absolute Gasteiger partial charge is 0.143 e. The molecular formula is C13H22O2. The van der Waals surface area contributed by atoms with Gasteiger partial charge in [-0.15, -0.1) is 0 Å². The maximum atomic E-state index is 11.8. The van der Waals surface area contributed by atoms with Crippen molar-refractivity contribution >= 4 is 11.6 Å². The third-order valence-corrected chi connectivity index (χ3v) is 3.21. The fourth-order valence-corrected chi connectivity index (χ4v) is 2.31. The first-order chi connectivity index (χ1) is 7.24. The molecule has 15 heavy (non-hydrogen) atoms. The van der Waals surface area contributed by atoms with E-state index in [0.29, 0.717) is 6.42 Å². The Kier molecular flexibility index (Phi) is 5.59. The van der Waals surface area contributed by atoms with Gasteiger partial charge in [-0.2, -0.15) is 0 Å². The topological polar surface area (TPSA) is 34.1 Å². The molecule has 0 spiro atoms. The fraction of sp³-hybridized carbons (Fsp3) is 0.846. The van der Waals surface area contributed by atoms with Crippen LogP contribution >= 0.6 is 0 Å². The second kappa shape index (κ2) is 6.76. The Morgan fingerprint density at radius 3 is 2.20 bits per heavy atom. The minimum atomic E-state index is 0.131. The van der Waals surface area contributed by atoms with Gasteiger partial charge in [-0.05, 0) is 19.3 Å². The van der Waals surface area contributed by atoms with Gasteiger partial charge in [0.1, 0.15) is 11.6 Å². The van der Waals surface area contributed by atoms with Crippen molar-refractivity contribution in [1.82, 2.24) is 0 Å². The maximum Gasteiger partial charge on any atom is 0.143 e. The largest absolute Gasteiger partial charge is 0.299 e. The monoisotopic (exact) mass is 210 g/mol. The zero-order valence-electron chi connectivity index (χ0n) is 9.76. The molecule has 1 fully saturated rings. The van der Waals surface area contributed by atoms with E-state index in [2.05, 4.69) is 0 Å². The third-order valence-electron chi connectivity index (χ3n) is 3.21. The van der Waals surface area contributed by atoms with Crippen LogP contribution in [0.1, 0.15) is 64.7 Å². The van der Waals surface area contributed by atoms with Crippen molar-refractivity contribution in [2.45, 2.75) is 64.7 Å². The summed E-state index contributed by atoms with van der Waals surface area (Å²) in [5.41, 5.74) is 0. The SMILES string of the molecule is CCCC(=O)CC(=O)C1CCCCCC1. The highest BCUT2D eigenvalue weighted by atomic mass is 16.1. The molecule has 1 aliphatic rings. The Balaban J connectivity index is 2.34. The first-order valence-corrected chi connectivity index (χ1v) is 6.28. The van der Waals surface area contributed by atoms with Crippen molar-refractivity contribution in [3.05, 3.63) is 0 Å². The lowest BCUT2D eigenvalue weighted by molar-refractivity contribution is -0.129. The van der Waals surface area contributed by atoms with E-state index >= 15 is 0 Å². The molecule has 0 aliphatic heterocycles. The molecule has 0 unspecified atom stereocenters. The lowest BCUT2D eigenvalue weighted by atomic mass is 9.92. The quantitative estimate of drug-likeness (QED) is 0.515. The number of ketones is 2. The standard InChI is InChI=1S/C13H22O2/c1-2-7-12(14)10-13(15)11-8-5-3-4-6-9-11/h11H,2-10H2,1H3.